The SMILES string of the molecule is Cc1ccccc1N1c2cc3c(cc2B2c4cc5c(cc4N(c4ccccc4C)c4cc(C67CC8CC(CC(C8)C6)C7)cc1c42)N(c1c(C)cccc1C)c1cc(C24CCC6CCC(CC6C2)C4)cc2c1B5c1ccccc1N2c1ccccc1)B1c2ccccc2N(c2ccccc2)c2cc(C45CC6CC(CC(C6)C4)C5)cc(c21)N3c1c(C)cccc1C. The lowest BCUT2D eigenvalue weighted by Crippen LogP contribution is -2.67. The summed E-state index contributed by atoms with van der Waals surface area (Å²) in [6, 6.07) is 104. The van der Waals surface area contributed by atoms with Crippen LogP contribution < -0.4 is 78.6 Å². The molecule has 0 aromatic heterocycles. The Hall–Kier alpha value is -11.1. The lowest BCUT2D eigenvalue weighted by Gasteiger charge is -2.57. The Morgan fingerprint density at radius 3 is 0.952 bits per heavy atom. The van der Waals surface area contributed by atoms with Crippen LogP contribution in [0.1, 0.15) is 172 Å². The van der Waals surface area contributed by atoms with E-state index in [1.807, 2.05) is 0 Å². The van der Waals surface area contributed by atoms with Crippen molar-refractivity contribution >= 4 is 172 Å². The molecule has 13 aromatic carbocycles. The van der Waals surface area contributed by atoms with Gasteiger partial charge in [-0.15, -0.1) is 0 Å². The van der Waals surface area contributed by atoms with E-state index in [1.54, 1.807) is 16.7 Å². The summed E-state index contributed by atoms with van der Waals surface area (Å²) in [7, 11) is 0. The second-order valence-corrected chi connectivity index (χ2v) is 42.7. The average molecular weight is 1610 g/mol. The highest BCUT2D eigenvalue weighted by atomic mass is 15.2. The third kappa shape index (κ3) is 9.99. The third-order valence-electron chi connectivity index (χ3n) is 35.8. The standard InChI is InChI=1S/C115H107B3N6/c1-68-23-13-17-35-94(68)121-98-58-100-92(116-88-33-15-19-37-96(88)119(86-29-9-7-10-30-86)102-50-83(113-42-41-81-40-39-74(60-113)49-82(81)67-113)51-106(108(102)116)123(100)111-70(3)25-21-26-71(111)4)56-90(98)118-91-57-93-101(59-99(91)122(95-36-18-14-24-69(95)2)105-54-85(53-104(121)110(105)118)115-64-78-46-79(65-115)48-80(47-78)66-115)124(112-72(5)27-22-28-73(112)6)107-55-84(114-61-75-43-76(62-114)45-77(44-75)63-114)52-103-109(107)117(93)89-34-16-20-38-97(89)120(103)87-31-11-8-12-32-87/h7-38,50-59,74-82H,39-49,60-67H2,1-6H3. The molecule has 6 nitrogen and oxygen atoms in total. The maximum absolute atomic E-state index is 2.88. The van der Waals surface area contributed by atoms with E-state index in [2.05, 4.69) is 326 Å². The molecule has 606 valence electrons. The van der Waals surface area contributed by atoms with Gasteiger partial charge in [-0.2, -0.15) is 0 Å². The van der Waals surface area contributed by atoms with Crippen LogP contribution in [0.3, 0.4) is 0 Å². The summed E-state index contributed by atoms with van der Waals surface area (Å²) in [6.45, 7) is 14.0. The Morgan fingerprint density at radius 1 is 0.226 bits per heavy atom. The number of anilines is 18. The first-order valence-corrected chi connectivity index (χ1v) is 48.0. The van der Waals surface area contributed by atoms with Gasteiger partial charge in [0, 0.05) is 91.0 Å². The highest BCUT2D eigenvalue weighted by Crippen LogP contribution is 2.66. The van der Waals surface area contributed by atoms with Crippen molar-refractivity contribution in [3.63, 3.8) is 0 Å². The van der Waals surface area contributed by atoms with Crippen molar-refractivity contribution in [1.29, 1.82) is 0 Å². The molecule has 17 aliphatic rings. The van der Waals surface area contributed by atoms with Crippen LogP contribution in [0.5, 0.6) is 0 Å². The number of hydrogen-bond donors (Lipinski definition) is 0. The molecule has 6 aliphatic heterocycles. The van der Waals surface area contributed by atoms with Crippen LogP contribution in [0, 0.1) is 94.8 Å². The summed E-state index contributed by atoms with van der Waals surface area (Å²) in [5.41, 5.74) is 48.7. The van der Waals surface area contributed by atoms with Crippen LogP contribution in [-0.4, -0.2) is 20.1 Å². The van der Waals surface area contributed by atoms with Gasteiger partial charge in [-0.3, -0.25) is 0 Å². The molecule has 11 saturated carbocycles. The summed E-state index contributed by atoms with van der Waals surface area (Å²) < 4.78 is 0. The average Bonchev–Trinajstić information content (AvgIpc) is 0.671. The molecule has 11 bridgehead atoms. The molecule has 4 unspecified atom stereocenters. The van der Waals surface area contributed by atoms with Crippen molar-refractivity contribution in [2.24, 2.45) is 53.3 Å². The highest BCUT2D eigenvalue weighted by molar-refractivity contribution is 7.04. The predicted molar refractivity (Wildman–Crippen MR) is 521 cm³/mol. The number of para-hydroxylation sites is 8. The van der Waals surface area contributed by atoms with Crippen molar-refractivity contribution in [2.45, 2.75) is 180 Å². The zero-order valence-corrected chi connectivity index (χ0v) is 72.8. The van der Waals surface area contributed by atoms with Gasteiger partial charge in [0.05, 0.1) is 11.4 Å². The topological polar surface area (TPSA) is 19.4 Å². The second kappa shape index (κ2) is 26.0. The van der Waals surface area contributed by atoms with Crippen molar-refractivity contribution in [2.75, 3.05) is 29.4 Å². The fourth-order valence-corrected chi connectivity index (χ4v) is 31.8. The lowest BCUT2D eigenvalue weighted by molar-refractivity contribution is -0.00526. The van der Waals surface area contributed by atoms with Gasteiger partial charge >= 0.3 is 0 Å². The number of aryl methyl sites for hydroxylation is 6. The first kappa shape index (κ1) is 72.2. The van der Waals surface area contributed by atoms with Crippen LogP contribution >= 0.6 is 0 Å². The number of nitrogens with zero attached hydrogens (tertiary/aromatic N) is 6. The van der Waals surface area contributed by atoms with E-state index in [9.17, 15) is 0 Å². The van der Waals surface area contributed by atoms with E-state index >= 15 is 0 Å². The van der Waals surface area contributed by atoms with E-state index in [-0.39, 0.29) is 36.4 Å². The van der Waals surface area contributed by atoms with E-state index in [0.29, 0.717) is 0 Å². The minimum atomic E-state index is -0.208. The van der Waals surface area contributed by atoms with Crippen LogP contribution in [-0.2, 0) is 16.2 Å². The second-order valence-electron chi connectivity index (χ2n) is 42.7. The molecule has 11 aliphatic carbocycles. The molecule has 0 spiro atoms. The van der Waals surface area contributed by atoms with Gasteiger partial charge in [0.1, 0.15) is 0 Å². The summed E-state index contributed by atoms with van der Waals surface area (Å²) in [5.74, 6) is 7.08. The summed E-state index contributed by atoms with van der Waals surface area (Å²) >= 11 is 0. The van der Waals surface area contributed by atoms with Crippen LogP contribution in [0.15, 0.2) is 255 Å². The van der Waals surface area contributed by atoms with Gasteiger partial charge in [-0.25, -0.2) is 0 Å². The van der Waals surface area contributed by atoms with Gasteiger partial charge in [0.2, 0.25) is 0 Å². The normalized spacial score (nSPS) is 26.9. The molecule has 30 rings (SSSR count). The molecule has 13 aromatic rings. The van der Waals surface area contributed by atoms with E-state index in [1.165, 1.54) is 307 Å². The van der Waals surface area contributed by atoms with Gasteiger partial charge in [-0.05, 0) is 423 Å². The Kier molecular flexibility index (Phi) is 15.1. The molecule has 124 heavy (non-hydrogen) atoms. The molecule has 0 saturated heterocycles. The van der Waals surface area contributed by atoms with Crippen molar-refractivity contribution in [3.05, 3.63) is 305 Å². The Balaban J connectivity index is 0.769. The smallest absolute Gasteiger partial charge is 0.252 e. The van der Waals surface area contributed by atoms with Crippen LogP contribution in [0.25, 0.3) is 0 Å². The number of hydrogen-bond acceptors (Lipinski definition) is 6. The summed E-state index contributed by atoms with van der Waals surface area (Å²) in [6.07, 6.45) is 25.5. The van der Waals surface area contributed by atoms with E-state index in [0.717, 1.165) is 53.3 Å². The largest absolute Gasteiger partial charge is 0.311 e. The molecule has 0 N–H and O–H groups in total. The van der Waals surface area contributed by atoms with Crippen molar-refractivity contribution < 1.29 is 0 Å². The minimum absolute atomic E-state index is 0.0594. The molecule has 11 fully saturated rings. The maximum atomic E-state index is 2.88. The fraction of sp³-hybridized carbons (Fsp3) is 0.322. The zero-order valence-electron chi connectivity index (χ0n) is 72.8. The van der Waals surface area contributed by atoms with Crippen LogP contribution in [0.4, 0.5) is 102 Å². The van der Waals surface area contributed by atoms with Gasteiger partial charge < -0.3 is 29.4 Å². The third-order valence-corrected chi connectivity index (χ3v) is 35.8. The van der Waals surface area contributed by atoms with Gasteiger partial charge in [0.15, 0.2) is 0 Å². The highest BCUT2D eigenvalue weighted by Gasteiger charge is 2.59. The lowest BCUT2D eigenvalue weighted by atomic mass is 9.29. The Morgan fingerprint density at radius 2 is 0.548 bits per heavy atom. The number of benzene rings is 13. The van der Waals surface area contributed by atoms with Crippen molar-refractivity contribution in [1.82, 2.24) is 0 Å². The number of fused-ring (bicyclic) bond motifs is 14. The molecule has 4 atom stereocenters. The quantitative estimate of drug-likeness (QED) is 0.133. The van der Waals surface area contributed by atoms with Gasteiger partial charge in [0.25, 0.3) is 20.1 Å². The summed E-state index contributed by atoms with van der Waals surface area (Å²) in [4.78, 5) is 16.9. The Bertz CT molecular complexity index is 6560. The molecule has 0 radical (unpaired) electrons. The molecular weight excluding hydrogens is 1500 g/mol. The predicted octanol–water partition coefficient (Wildman–Crippen LogP) is 23.6. The maximum Gasteiger partial charge on any atom is 0.252 e. The molecule has 9 heteroatoms. The molecular formula is C115H107B3N6. The first-order chi connectivity index (χ1) is 60.7. The Labute approximate surface area is 734 Å². The molecule has 6 heterocycles. The molecule has 0 amide bonds. The zero-order chi connectivity index (χ0) is 81.8. The number of rotatable bonds is 9. The fourth-order valence-electron chi connectivity index (χ4n) is 31.8. The first-order valence-electron chi connectivity index (χ1n) is 48.0. The van der Waals surface area contributed by atoms with E-state index in [4.69, 9.17) is 0 Å². The van der Waals surface area contributed by atoms with Crippen molar-refractivity contribution in [3.8, 4) is 0 Å². The minimum Gasteiger partial charge on any atom is -0.311 e. The monoisotopic (exact) mass is 1600 g/mol. The van der Waals surface area contributed by atoms with Crippen LogP contribution in [0.2, 0.25) is 0 Å². The van der Waals surface area contributed by atoms with E-state index < -0.39 is 0 Å². The van der Waals surface area contributed by atoms with Gasteiger partial charge in [-0.1, -0.05) is 164 Å². The summed E-state index contributed by atoms with van der Waals surface area (Å²) in [5, 5.41) is 0.